The first-order valence-electron chi connectivity index (χ1n) is 6.43. The van der Waals surface area contributed by atoms with Crippen LogP contribution in [0.25, 0.3) is 5.69 Å². The first kappa shape index (κ1) is 15.1. The van der Waals surface area contributed by atoms with Crippen molar-refractivity contribution in [3.63, 3.8) is 0 Å². The van der Waals surface area contributed by atoms with Crippen molar-refractivity contribution in [2.45, 2.75) is 12.8 Å². The summed E-state index contributed by atoms with van der Waals surface area (Å²) < 4.78 is 1.59. The molecule has 0 aliphatic rings. The molecule has 110 valence electrons. The number of benzene rings is 1. The first-order chi connectivity index (χ1) is 10.1. The topological polar surface area (TPSA) is 90.0 Å². The van der Waals surface area contributed by atoms with Crippen LogP contribution in [0.15, 0.2) is 36.7 Å². The van der Waals surface area contributed by atoms with Crippen molar-refractivity contribution in [1.82, 2.24) is 15.1 Å². The van der Waals surface area contributed by atoms with Gasteiger partial charge in [-0.15, -0.1) is 0 Å². The lowest BCUT2D eigenvalue weighted by Gasteiger charge is -2.02. The highest BCUT2D eigenvalue weighted by Crippen LogP contribution is 2.13. The highest BCUT2D eigenvalue weighted by Gasteiger charge is 2.09. The standard InChI is InChI=1S/C14H15ClN4O2/c15-11-3-5-12(6-4-11)19-9-10(8-18-19)14(21)17-7-1-2-13(16)20/h3-6,8-9H,1-2,7H2,(H2,16,20)(H,17,21). The molecule has 0 saturated carbocycles. The number of nitrogens with two attached hydrogens (primary N) is 1. The van der Waals surface area contributed by atoms with E-state index < -0.39 is 0 Å². The van der Waals surface area contributed by atoms with Crippen LogP contribution in [0.3, 0.4) is 0 Å². The van der Waals surface area contributed by atoms with E-state index in [0.29, 0.717) is 23.6 Å². The van der Waals surface area contributed by atoms with Gasteiger partial charge < -0.3 is 11.1 Å². The Balaban J connectivity index is 1.94. The second-order valence-electron chi connectivity index (χ2n) is 4.48. The van der Waals surface area contributed by atoms with Crippen LogP contribution >= 0.6 is 11.6 Å². The van der Waals surface area contributed by atoms with E-state index in [1.165, 1.54) is 6.20 Å². The average Bonchev–Trinajstić information content (AvgIpc) is 2.94. The van der Waals surface area contributed by atoms with Crippen molar-refractivity contribution in [2.24, 2.45) is 5.73 Å². The molecule has 0 spiro atoms. The van der Waals surface area contributed by atoms with Crippen LogP contribution < -0.4 is 11.1 Å². The third-order valence-electron chi connectivity index (χ3n) is 2.82. The number of nitrogens with zero attached hydrogens (tertiary/aromatic N) is 2. The van der Waals surface area contributed by atoms with Crippen molar-refractivity contribution in [1.29, 1.82) is 0 Å². The maximum atomic E-state index is 11.9. The fraction of sp³-hybridized carbons (Fsp3) is 0.214. The Morgan fingerprint density at radius 2 is 2.00 bits per heavy atom. The number of amides is 2. The van der Waals surface area contributed by atoms with Gasteiger partial charge >= 0.3 is 0 Å². The molecule has 21 heavy (non-hydrogen) atoms. The number of carbonyl (C=O) groups is 2. The summed E-state index contributed by atoms with van der Waals surface area (Å²) in [6, 6.07) is 7.12. The summed E-state index contributed by atoms with van der Waals surface area (Å²) in [4.78, 5) is 22.5. The third kappa shape index (κ3) is 4.32. The van der Waals surface area contributed by atoms with Crippen LogP contribution in [-0.2, 0) is 4.79 Å². The highest BCUT2D eigenvalue weighted by molar-refractivity contribution is 6.30. The maximum absolute atomic E-state index is 11.9. The maximum Gasteiger partial charge on any atom is 0.254 e. The molecule has 0 fully saturated rings. The Morgan fingerprint density at radius 1 is 1.29 bits per heavy atom. The zero-order valence-electron chi connectivity index (χ0n) is 11.3. The SMILES string of the molecule is NC(=O)CCCNC(=O)c1cnn(-c2ccc(Cl)cc2)c1. The van der Waals surface area contributed by atoms with E-state index in [1.54, 1.807) is 23.0 Å². The number of carbonyl (C=O) groups excluding carboxylic acids is 2. The Morgan fingerprint density at radius 3 is 2.67 bits per heavy atom. The molecule has 0 atom stereocenters. The van der Waals surface area contributed by atoms with Gasteiger partial charge in [0.05, 0.1) is 17.4 Å². The summed E-state index contributed by atoms with van der Waals surface area (Å²) >= 11 is 5.82. The molecule has 0 saturated heterocycles. The summed E-state index contributed by atoms with van der Waals surface area (Å²) in [5.74, 6) is -0.612. The first-order valence-corrected chi connectivity index (χ1v) is 6.81. The van der Waals surface area contributed by atoms with E-state index >= 15 is 0 Å². The van der Waals surface area contributed by atoms with Gasteiger partial charge in [-0.1, -0.05) is 11.6 Å². The van der Waals surface area contributed by atoms with E-state index in [0.717, 1.165) is 5.69 Å². The molecule has 6 nitrogen and oxygen atoms in total. The molecule has 7 heteroatoms. The monoisotopic (exact) mass is 306 g/mol. The van der Waals surface area contributed by atoms with Gasteiger partial charge in [-0.2, -0.15) is 5.10 Å². The van der Waals surface area contributed by atoms with Crippen LogP contribution in [0.4, 0.5) is 0 Å². The molecule has 1 aromatic carbocycles. The molecule has 2 aromatic rings. The second-order valence-corrected chi connectivity index (χ2v) is 4.91. The molecule has 0 aliphatic carbocycles. The fourth-order valence-corrected chi connectivity index (χ4v) is 1.87. The van der Waals surface area contributed by atoms with Crippen molar-refractivity contribution in [3.8, 4) is 5.69 Å². The van der Waals surface area contributed by atoms with Crippen molar-refractivity contribution < 1.29 is 9.59 Å². The highest BCUT2D eigenvalue weighted by atomic mass is 35.5. The molecule has 0 bridgehead atoms. The Labute approximate surface area is 126 Å². The van der Waals surface area contributed by atoms with Gasteiger partial charge in [0.1, 0.15) is 0 Å². The van der Waals surface area contributed by atoms with E-state index in [4.69, 9.17) is 17.3 Å². The van der Waals surface area contributed by atoms with Crippen LogP contribution in [0.5, 0.6) is 0 Å². The minimum atomic E-state index is -0.375. The van der Waals surface area contributed by atoms with Gasteiger partial charge in [0.15, 0.2) is 0 Å². The quantitative estimate of drug-likeness (QED) is 0.793. The number of hydrogen-bond acceptors (Lipinski definition) is 3. The van der Waals surface area contributed by atoms with Gasteiger partial charge in [-0.25, -0.2) is 4.68 Å². The molecule has 0 aliphatic heterocycles. The predicted molar refractivity (Wildman–Crippen MR) is 79.3 cm³/mol. The van der Waals surface area contributed by atoms with Crippen molar-refractivity contribution in [3.05, 3.63) is 47.2 Å². The second kappa shape index (κ2) is 6.90. The lowest BCUT2D eigenvalue weighted by Crippen LogP contribution is -2.25. The van der Waals surface area contributed by atoms with E-state index in [9.17, 15) is 9.59 Å². The molecule has 1 heterocycles. The number of primary amides is 1. The number of rotatable bonds is 6. The minimum absolute atomic E-state index is 0.236. The van der Waals surface area contributed by atoms with Crippen LogP contribution in [0, 0.1) is 0 Å². The Bertz CT molecular complexity index is 637. The Hall–Kier alpha value is -2.34. The molecular weight excluding hydrogens is 292 g/mol. The van der Waals surface area contributed by atoms with Gasteiger partial charge in [0.25, 0.3) is 5.91 Å². The van der Waals surface area contributed by atoms with Gasteiger partial charge in [-0.05, 0) is 30.7 Å². The number of hydrogen-bond donors (Lipinski definition) is 2. The number of halogens is 1. The minimum Gasteiger partial charge on any atom is -0.370 e. The van der Waals surface area contributed by atoms with Crippen molar-refractivity contribution >= 4 is 23.4 Å². The third-order valence-corrected chi connectivity index (χ3v) is 3.07. The zero-order valence-corrected chi connectivity index (χ0v) is 12.0. The van der Waals surface area contributed by atoms with E-state index in [2.05, 4.69) is 10.4 Å². The van der Waals surface area contributed by atoms with Crippen LogP contribution in [-0.4, -0.2) is 28.1 Å². The van der Waals surface area contributed by atoms with Gasteiger partial charge in [-0.3, -0.25) is 9.59 Å². The van der Waals surface area contributed by atoms with E-state index in [-0.39, 0.29) is 18.2 Å². The summed E-state index contributed by atoms with van der Waals surface area (Å²) in [5, 5.41) is 7.48. The van der Waals surface area contributed by atoms with E-state index in [1.807, 2.05) is 12.1 Å². The van der Waals surface area contributed by atoms with Gasteiger partial charge in [0, 0.05) is 24.2 Å². The largest absolute Gasteiger partial charge is 0.370 e. The van der Waals surface area contributed by atoms with Crippen molar-refractivity contribution in [2.75, 3.05) is 6.54 Å². The number of aromatic nitrogens is 2. The molecule has 0 unspecified atom stereocenters. The zero-order chi connectivity index (χ0) is 15.2. The summed E-state index contributed by atoms with van der Waals surface area (Å²) in [6.45, 7) is 0.397. The normalized spacial score (nSPS) is 10.3. The smallest absolute Gasteiger partial charge is 0.254 e. The van der Waals surface area contributed by atoms with Crippen LogP contribution in [0.2, 0.25) is 5.02 Å². The molecule has 1 aromatic heterocycles. The lowest BCUT2D eigenvalue weighted by molar-refractivity contribution is -0.118. The lowest BCUT2D eigenvalue weighted by atomic mass is 10.3. The Kier molecular flexibility index (Phi) is 4.94. The predicted octanol–water partition coefficient (Wildman–Crippen LogP) is 1.52. The summed E-state index contributed by atoms with van der Waals surface area (Å²) in [6.07, 6.45) is 3.89. The molecule has 2 amide bonds. The molecular formula is C14H15ClN4O2. The molecule has 0 radical (unpaired) electrons. The average molecular weight is 307 g/mol. The summed E-state index contributed by atoms with van der Waals surface area (Å²) in [5.41, 5.74) is 6.28. The van der Waals surface area contributed by atoms with Crippen LogP contribution in [0.1, 0.15) is 23.2 Å². The molecule has 3 N–H and O–H groups in total. The van der Waals surface area contributed by atoms with Gasteiger partial charge in [0.2, 0.25) is 5.91 Å². The summed E-state index contributed by atoms with van der Waals surface area (Å²) in [7, 11) is 0. The number of nitrogens with one attached hydrogen (secondary N) is 1. The molecule has 2 rings (SSSR count). The fourth-order valence-electron chi connectivity index (χ4n) is 1.74.